The van der Waals surface area contributed by atoms with Crippen molar-refractivity contribution in [3.05, 3.63) is 48.3 Å². The Morgan fingerprint density at radius 2 is 2.00 bits per heavy atom. The molecule has 3 aromatic rings. The predicted molar refractivity (Wildman–Crippen MR) is 67.1 cm³/mol. The van der Waals surface area contributed by atoms with E-state index in [0.29, 0.717) is 23.4 Å². The number of aromatic amines is 1. The number of carbonyl (C=O) groups is 1. The van der Waals surface area contributed by atoms with E-state index in [1.54, 1.807) is 30.6 Å². The van der Waals surface area contributed by atoms with Crippen LogP contribution in [-0.2, 0) is 6.54 Å². The second kappa shape index (κ2) is 4.81. The molecule has 7 nitrogen and oxygen atoms in total. The summed E-state index contributed by atoms with van der Waals surface area (Å²) < 4.78 is 0. The van der Waals surface area contributed by atoms with Crippen molar-refractivity contribution in [2.45, 2.75) is 6.54 Å². The second-order valence-electron chi connectivity index (χ2n) is 3.87. The average Bonchev–Trinajstić information content (AvgIpc) is 2.97. The maximum atomic E-state index is 12.0. The summed E-state index contributed by atoms with van der Waals surface area (Å²) in [6.45, 7) is 0.303. The third kappa shape index (κ3) is 2.39. The van der Waals surface area contributed by atoms with Crippen molar-refractivity contribution in [2.75, 3.05) is 0 Å². The molecule has 0 radical (unpaired) electrons. The van der Waals surface area contributed by atoms with Crippen LogP contribution >= 0.6 is 0 Å². The van der Waals surface area contributed by atoms with Gasteiger partial charge in [0.2, 0.25) is 0 Å². The van der Waals surface area contributed by atoms with Crippen LogP contribution in [0.2, 0.25) is 0 Å². The van der Waals surface area contributed by atoms with Gasteiger partial charge in [-0.25, -0.2) is 4.98 Å². The van der Waals surface area contributed by atoms with Gasteiger partial charge in [0.25, 0.3) is 5.91 Å². The summed E-state index contributed by atoms with van der Waals surface area (Å²) in [5.74, 6) is 0.415. The van der Waals surface area contributed by atoms with Gasteiger partial charge in [0.1, 0.15) is 12.2 Å². The minimum atomic E-state index is -0.191. The van der Waals surface area contributed by atoms with Crippen molar-refractivity contribution in [3.8, 4) is 0 Å². The first-order valence-corrected chi connectivity index (χ1v) is 5.66. The Balaban J connectivity index is 1.77. The summed E-state index contributed by atoms with van der Waals surface area (Å²) in [7, 11) is 0. The number of H-pyrrole nitrogens is 1. The monoisotopic (exact) mass is 254 g/mol. The zero-order valence-electron chi connectivity index (χ0n) is 9.87. The van der Waals surface area contributed by atoms with Gasteiger partial charge < -0.3 is 5.32 Å². The summed E-state index contributed by atoms with van der Waals surface area (Å²) in [6, 6.07) is 5.19. The Kier molecular flexibility index (Phi) is 2.85. The highest BCUT2D eigenvalue weighted by Gasteiger charge is 2.07. The number of benzene rings is 1. The molecule has 0 fully saturated rings. The topological polar surface area (TPSA) is 96.5 Å². The fraction of sp³-hybridized carbons (Fsp3) is 0.0833. The van der Waals surface area contributed by atoms with Crippen LogP contribution in [0.15, 0.2) is 36.9 Å². The van der Waals surface area contributed by atoms with E-state index >= 15 is 0 Å². The van der Waals surface area contributed by atoms with E-state index < -0.39 is 0 Å². The van der Waals surface area contributed by atoms with Gasteiger partial charge in [-0.1, -0.05) is 0 Å². The van der Waals surface area contributed by atoms with Crippen LogP contribution in [0.3, 0.4) is 0 Å². The highest BCUT2D eigenvalue weighted by atomic mass is 16.1. The highest BCUT2D eigenvalue weighted by Crippen LogP contribution is 2.10. The van der Waals surface area contributed by atoms with E-state index in [2.05, 4.69) is 30.5 Å². The molecule has 2 N–H and O–H groups in total. The van der Waals surface area contributed by atoms with Crippen molar-refractivity contribution < 1.29 is 4.79 Å². The molecular formula is C12H10N6O. The van der Waals surface area contributed by atoms with Gasteiger partial charge in [-0.15, -0.1) is 0 Å². The Hall–Kier alpha value is -2.83. The molecule has 0 aliphatic carbocycles. The quantitative estimate of drug-likeness (QED) is 0.716. The Labute approximate surface area is 108 Å². The SMILES string of the molecule is O=C(NCc1ncn[nH]1)c1ccc2nccnc2c1. The number of hydrogen-bond acceptors (Lipinski definition) is 5. The number of aromatic nitrogens is 5. The molecule has 0 bridgehead atoms. The molecule has 1 aromatic carbocycles. The van der Waals surface area contributed by atoms with Gasteiger partial charge in [-0.2, -0.15) is 5.10 Å². The lowest BCUT2D eigenvalue weighted by atomic mass is 10.2. The standard InChI is InChI=1S/C12H10N6O/c19-12(15-6-11-16-7-17-18-11)8-1-2-9-10(5-8)14-4-3-13-9/h1-5,7H,6H2,(H,15,19)(H,16,17,18). The number of hydrogen-bond donors (Lipinski definition) is 2. The lowest BCUT2D eigenvalue weighted by molar-refractivity contribution is 0.0950. The van der Waals surface area contributed by atoms with E-state index in [1.807, 2.05) is 0 Å². The van der Waals surface area contributed by atoms with Gasteiger partial charge in [-0.3, -0.25) is 19.9 Å². The fourth-order valence-corrected chi connectivity index (χ4v) is 1.69. The van der Waals surface area contributed by atoms with Crippen LogP contribution in [0.5, 0.6) is 0 Å². The average molecular weight is 254 g/mol. The summed E-state index contributed by atoms with van der Waals surface area (Å²) in [4.78, 5) is 24.2. The van der Waals surface area contributed by atoms with Crippen LogP contribution < -0.4 is 5.32 Å². The van der Waals surface area contributed by atoms with Crippen molar-refractivity contribution in [1.29, 1.82) is 0 Å². The number of fused-ring (bicyclic) bond motifs is 1. The lowest BCUT2D eigenvalue weighted by Gasteiger charge is -2.04. The van der Waals surface area contributed by atoms with Crippen molar-refractivity contribution in [2.24, 2.45) is 0 Å². The molecular weight excluding hydrogens is 244 g/mol. The third-order valence-electron chi connectivity index (χ3n) is 2.61. The summed E-state index contributed by atoms with van der Waals surface area (Å²) in [5, 5.41) is 9.13. The van der Waals surface area contributed by atoms with Gasteiger partial charge in [-0.05, 0) is 18.2 Å². The lowest BCUT2D eigenvalue weighted by Crippen LogP contribution is -2.23. The van der Waals surface area contributed by atoms with Crippen molar-refractivity contribution in [3.63, 3.8) is 0 Å². The zero-order chi connectivity index (χ0) is 13.1. The molecule has 0 saturated carbocycles. The molecule has 0 unspecified atom stereocenters. The molecule has 0 saturated heterocycles. The molecule has 19 heavy (non-hydrogen) atoms. The zero-order valence-corrected chi connectivity index (χ0v) is 9.87. The van der Waals surface area contributed by atoms with E-state index in [-0.39, 0.29) is 5.91 Å². The van der Waals surface area contributed by atoms with Crippen LogP contribution in [0.1, 0.15) is 16.2 Å². The van der Waals surface area contributed by atoms with Gasteiger partial charge in [0.05, 0.1) is 17.6 Å². The second-order valence-corrected chi connectivity index (χ2v) is 3.87. The molecule has 0 atom stereocenters. The molecule has 3 rings (SSSR count). The third-order valence-corrected chi connectivity index (χ3v) is 2.61. The summed E-state index contributed by atoms with van der Waals surface area (Å²) >= 11 is 0. The molecule has 2 aromatic heterocycles. The minimum Gasteiger partial charge on any atom is -0.345 e. The van der Waals surface area contributed by atoms with Crippen molar-refractivity contribution in [1.82, 2.24) is 30.5 Å². The van der Waals surface area contributed by atoms with Crippen molar-refractivity contribution >= 4 is 16.9 Å². The molecule has 0 aliphatic heterocycles. The normalized spacial score (nSPS) is 10.5. The summed E-state index contributed by atoms with van der Waals surface area (Å²) in [5.41, 5.74) is 1.98. The molecule has 0 aliphatic rings. The minimum absolute atomic E-state index is 0.191. The first-order chi connectivity index (χ1) is 9.33. The number of rotatable bonds is 3. The smallest absolute Gasteiger partial charge is 0.251 e. The Bertz CT molecular complexity index is 709. The molecule has 94 valence electrons. The number of carbonyl (C=O) groups excluding carboxylic acids is 1. The highest BCUT2D eigenvalue weighted by molar-refractivity contribution is 5.97. The van der Waals surface area contributed by atoms with E-state index in [1.165, 1.54) is 6.33 Å². The number of nitrogens with one attached hydrogen (secondary N) is 2. The van der Waals surface area contributed by atoms with Gasteiger partial charge >= 0.3 is 0 Å². The van der Waals surface area contributed by atoms with Crippen LogP contribution in [-0.4, -0.2) is 31.1 Å². The van der Waals surface area contributed by atoms with Gasteiger partial charge in [0.15, 0.2) is 0 Å². The Morgan fingerprint density at radius 3 is 2.79 bits per heavy atom. The largest absolute Gasteiger partial charge is 0.345 e. The summed E-state index contributed by atoms with van der Waals surface area (Å²) in [6.07, 6.45) is 4.61. The first-order valence-electron chi connectivity index (χ1n) is 5.66. The number of nitrogens with zero attached hydrogens (tertiary/aromatic N) is 4. The van der Waals surface area contributed by atoms with E-state index in [4.69, 9.17) is 0 Å². The van der Waals surface area contributed by atoms with Crippen LogP contribution in [0, 0.1) is 0 Å². The Morgan fingerprint density at radius 1 is 1.16 bits per heavy atom. The fourth-order valence-electron chi connectivity index (χ4n) is 1.69. The molecule has 0 spiro atoms. The van der Waals surface area contributed by atoms with E-state index in [0.717, 1.165) is 5.52 Å². The molecule has 7 heteroatoms. The van der Waals surface area contributed by atoms with E-state index in [9.17, 15) is 4.79 Å². The van der Waals surface area contributed by atoms with Crippen LogP contribution in [0.4, 0.5) is 0 Å². The predicted octanol–water partition coefficient (Wildman–Crippen LogP) is 0.678. The maximum Gasteiger partial charge on any atom is 0.251 e. The maximum absolute atomic E-state index is 12.0. The first kappa shape index (κ1) is 11.3. The molecule has 1 amide bonds. The van der Waals surface area contributed by atoms with Crippen LogP contribution in [0.25, 0.3) is 11.0 Å². The molecule has 2 heterocycles. The van der Waals surface area contributed by atoms with Gasteiger partial charge in [0, 0.05) is 18.0 Å². The number of amides is 1.